The van der Waals surface area contributed by atoms with Gasteiger partial charge in [-0.1, -0.05) is 0 Å². The summed E-state index contributed by atoms with van der Waals surface area (Å²) in [5.41, 5.74) is 1.26. The number of piperazine rings is 1. The van der Waals surface area contributed by atoms with Crippen molar-refractivity contribution in [2.45, 2.75) is 32.0 Å². The van der Waals surface area contributed by atoms with E-state index in [4.69, 9.17) is 5.26 Å². The van der Waals surface area contributed by atoms with E-state index in [9.17, 15) is 0 Å². The Morgan fingerprint density at radius 1 is 1.47 bits per heavy atom. The lowest BCUT2D eigenvalue weighted by atomic mass is 10.0. The molecule has 90 valence electrons. The molecule has 1 aromatic rings. The van der Waals surface area contributed by atoms with Gasteiger partial charge in [-0.15, -0.1) is 0 Å². The fourth-order valence-corrected chi connectivity index (χ4v) is 2.33. The van der Waals surface area contributed by atoms with Crippen molar-refractivity contribution in [1.29, 1.82) is 5.26 Å². The van der Waals surface area contributed by atoms with Gasteiger partial charge in [0.25, 0.3) is 0 Å². The minimum Gasteiger partial charge on any atom is -0.314 e. The second-order valence-corrected chi connectivity index (χ2v) is 4.55. The van der Waals surface area contributed by atoms with Gasteiger partial charge in [0.05, 0.1) is 12.5 Å². The molecule has 0 saturated carbocycles. The van der Waals surface area contributed by atoms with Gasteiger partial charge in [0.15, 0.2) is 0 Å². The summed E-state index contributed by atoms with van der Waals surface area (Å²) in [5.74, 6) is 0. The van der Waals surface area contributed by atoms with Crippen LogP contribution in [0.2, 0.25) is 0 Å². The number of nitrogens with one attached hydrogen (secondary N) is 1. The fraction of sp³-hybridized carbons (Fsp3) is 0.538. The molecule has 2 unspecified atom stereocenters. The third kappa shape index (κ3) is 3.02. The average Bonchev–Trinajstić information content (AvgIpc) is 2.35. The highest BCUT2D eigenvalue weighted by Crippen LogP contribution is 2.16. The summed E-state index contributed by atoms with van der Waals surface area (Å²) < 4.78 is 0. The smallest absolute Gasteiger partial charge is 0.0638 e. The maximum absolute atomic E-state index is 8.87. The Labute approximate surface area is 102 Å². The molecule has 2 heterocycles. The van der Waals surface area contributed by atoms with Crippen LogP contribution in [-0.2, 0) is 6.54 Å². The Morgan fingerprint density at radius 2 is 2.24 bits per heavy atom. The van der Waals surface area contributed by atoms with Crippen LogP contribution >= 0.6 is 0 Å². The first-order valence-electron chi connectivity index (χ1n) is 6.03. The summed E-state index contributed by atoms with van der Waals surface area (Å²) in [7, 11) is 0. The van der Waals surface area contributed by atoms with Crippen molar-refractivity contribution in [2.75, 3.05) is 13.1 Å². The molecule has 1 saturated heterocycles. The Hall–Kier alpha value is -1.44. The Bertz CT molecular complexity index is 384. The molecule has 0 bridgehead atoms. The molecule has 0 radical (unpaired) electrons. The van der Waals surface area contributed by atoms with E-state index >= 15 is 0 Å². The predicted octanol–water partition coefficient (Wildman–Crippen LogP) is 1.16. The molecule has 2 atom stereocenters. The molecule has 4 heteroatoms. The summed E-state index contributed by atoms with van der Waals surface area (Å²) >= 11 is 0. The lowest BCUT2D eigenvalue weighted by molar-refractivity contribution is 0.100. The normalized spacial score (nSPS) is 25.4. The summed E-state index contributed by atoms with van der Waals surface area (Å²) in [6, 6.07) is 7.14. The van der Waals surface area contributed by atoms with Crippen LogP contribution in [-0.4, -0.2) is 35.1 Å². The van der Waals surface area contributed by atoms with Gasteiger partial charge >= 0.3 is 0 Å². The van der Waals surface area contributed by atoms with Crippen LogP contribution in [0.4, 0.5) is 0 Å². The second kappa shape index (κ2) is 5.76. The van der Waals surface area contributed by atoms with E-state index in [1.807, 2.05) is 24.5 Å². The summed E-state index contributed by atoms with van der Waals surface area (Å²) in [6.07, 6.45) is 4.23. The van der Waals surface area contributed by atoms with Gasteiger partial charge in [-0.2, -0.15) is 5.26 Å². The van der Waals surface area contributed by atoms with Crippen molar-refractivity contribution in [3.05, 3.63) is 30.1 Å². The van der Waals surface area contributed by atoms with E-state index in [-0.39, 0.29) is 0 Å². The van der Waals surface area contributed by atoms with Crippen LogP contribution in [0.25, 0.3) is 0 Å². The van der Waals surface area contributed by atoms with Crippen LogP contribution in [0, 0.1) is 11.3 Å². The predicted molar refractivity (Wildman–Crippen MR) is 66.1 cm³/mol. The minimum atomic E-state index is 0.317. The van der Waals surface area contributed by atoms with Crippen LogP contribution in [0.1, 0.15) is 18.9 Å². The van der Waals surface area contributed by atoms with Gasteiger partial charge in [-0.3, -0.25) is 9.88 Å². The number of hydrogen-bond acceptors (Lipinski definition) is 4. The van der Waals surface area contributed by atoms with Crippen LogP contribution in [0.3, 0.4) is 0 Å². The monoisotopic (exact) mass is 230 g/mol. The number of pyridine rings is 1. The van der Waals surface area contributed by atoms with Crippen LogP contribution in [0.5, 0.6) is 0 Å². The molecular formula is C13H18N4. The Morgan fingerprint density at radius 3 is 2.94 bits per heavy atom. The van der Waals surface area contributed by atoms with E-state index in [0.29, 0.717) is 18.5 Å². The standard InChI is InChI=1S/C13H18N4/c1-11-8-16-9-13(2-5-14)17(11)10-12-3-6-15-7-4-12/h3-4,6-7,11,13,16H,2,8-10H2,1H3. The molecular weight excluding hydrogens is 212 g/mol. The van der Waals surface area contributed by atoms with E-state index in [0.717, 1.165) is 19.6 Å². The highest BCUT2D eigenvalue weighted by molar-refractivity contribution is 5.10. The van der Waals surface area contributed by atoms with Crippen molar-refractivity contribution < 1.29 is 0 Å². The second-order valence-electron chi connectivity index (χ2n) is 4.55. The van der Waals surface area contributed by atoms with Crippen molar-refractivity contribution in [3.8, 4) is 6.07 Å². The molecule has 0 aromatic carbocycles. The zero-order valence-electron chi connectivity index (χ0n) is 10.1. The number of nitrogens with zero attached hydrogens (tertiary/aromatic N) is 3. The summed E-state index contributed by atoms with van der Waals surface area (Å²) in [5, 5.41) is 12.3. The van der Waals surface area contributed by atoms with Gasteiger partial charge in [-0.25, -0.2) is 0 Å². The first-order chi connectivity index (χ1) is 8.31. The van der Waals surface area contributed by atoms with Crippen molar-refractivity contribution in [3.63, 3.8) is 0 Å². The van der Waals surface area contributed by atoms with E-state index in [2.05, 4.69) is 28.2 Å². The quantitative estimate of drug-likeness (QED) is 0.846. The van der Waals surface area contributed by atoms with Gasteiger partial charge in [-0.05, 0) is 24.6 Å². The van der Waals surface area contributed by atoms with E-state index < -0.39 is 0 Å². The largest absolute Gasteiger partial charge is 0.314 e. The van der Waals surface area contributed by atoms with E-state index in [1.165, 1.54) is 5.56 Å². The van der Waals surface area contributed by atoms with Gasteiger partial charge in [0.1, 0.15) is 0 Å². The Balaban J connectivity index is 2.07. The zero-order valence-corrected chi connectivity index (χ0v) is 10.1. The van der Waals surface area contributed by atoms with Crippen LogP contribution < -0.4 is 5.32 Å². The first-order valence-corrected chi connectivity index (χ1v) is 6.03. The van der Waals surface area contributed by atoms with Gasteiger partial charge in [0.2, 0.25) is 0 Å². The first kappa shape index (κ1) is 12.0. The molecule has 17 heavy (non-hydrogen) atoms. The number of hydrogen-bond donors (Lipinski definition) is 1. The summed E-state index contributed by atoms with van der Waals surface area (Å²) in [4.78, 5) is 6.44. The molecule has 1 aromatic heterocycles. The molecule has 1 fully saturated rings. The third-order valence-corrected chi connectivity index (χ3v) is 3.30. The van der Waals surface area contributed by atoms with Crippen molar-refractivity contribution in [1.82, 2.24) is 15.2 Å². The lowest BCUT2D eigenvalue weighted by Crippen LogP contribution is -2.55. The Kier molecular flexibility index (Phi) is 4.08. The zero-order chi connectivity index (χ0) is 12.1. The van der Waals surface area contributed by atoms with Crippen molar-refractivity contribution in [2.24, 2.45) is 0 Å². The molecule has 1 aliphatic rings. The highest BCUT2D eigenvalue weighted by Gasteiger charge is 2.27. The highest BCUT2D eigenvalue weighted by atomic mass is 15.2. The third-order valence-electron chi connectivity index (χ3n) is 3.30. The lowest BCUT2D eigenvalue weighted by Gasteiger charge is -2.40. The molecule has 2 rings (SSSR count). The van der Waals surface area contributed by atoms with Crippen molar-refractivity contribution >= 4 is 0 Å². The van der Waals surface area contributed by atoms with Gasteiger partial charge < -0.3 is 5.32 Å². The maximum Gasteiger partial charge on any atom is 0.0638 e. The molecule has 1 N–H and O–H groups in total. The average molecular weight is 230 g/mol. The molecule has 0 aliphatic carbocycles. The maximum atomic E-state index is 8.87. The number of aromatic nitrogens is 1. The number of rotatable bonds is 3. The number of nitriles is 1. The van der Waals surface area contributed by atoms with Gasteiger partial charge in [0, 0.05) is 44.1 Å². The molecule has 4 nitrogen and oxygen atoms in total. The van der Waals surface area contributed by atoms with Crippen LogP contribution in [0.15, 0.2) is 24.5 Å². The summed E-state index contributed by atoms with van der Waals surface area (Å²) in [6.45, 7) is 5.01. The molecule has 0 spiro atoms. The fourth-order valence-electron chi connectivity index (χ4n) is 2.33. The topological polar surface area (TPSA) is 52.0 Å². The minimum absolute atomic E-state index is 0.317. The molecule has 0 amide bonds. The molecule has 1 aliphatic heterocycles. The van der Waals surface area contributed by atoms with E-state index in [1.54, 1.807) is 0 Å². The SMILES string of the molecule is CC1CNCC(CC#N)N1Cc1ccncc1.